The second kappa shape index (κ2) is 8.49. The lowest BCUT2D eigenvalue weighted by molar-refractivity contribution is -0.141. The number of nitrogens with zero attached hydrogens (tertiary/aromatic N) is 1. The van der Waals surface area contributed by atoms with Gasteiger partial charge in [-0.2, -0.15) is 5.06 Å². The number of amides is 1. The van der Waals surface area contributed by atoms with Gasteiger partial charge in [-0.25, -0.2) is 4.79 Å². The van der Waals surface area contributed by atoms with Gasteiger partial charge in [-0.3, -0.25) is 4.84 Å². The fraction of sp³-hybridized carbons (Fsp3) is 0.462. The Morgan fingerprint density at radius 2 is 1.94 bits per heavy atom. The van der Waals surface area contributed by atoms with E-state index in [4.69, 9.17) is 15.7 Å². The summed E-state index contributed by atoms with van der Waals surface area (Å²) in [5, 5.41) is 9.97. The van der Waals surface area contributed by atoms with Crippen molar-refractivity contribution in [2.24, 2.45) is 5.73 Å². The zero-order valence-corrected chi connectivity index (χ0v) is 10.4. The first-order valence-electron chi connectivity index (χ1n) is 6.11. The van der Waals surface area contributed by atoms with Gasteiger partial charge >= 0.3 is 6.09 Å². The van der Waals surface area contributed by atoms with Gasteiger partial charge in [0.25, 0.3) is 0 Å². The quantitative estimate of drug-likeness (QED) is 0.549. The van der Waals surface area contributed by atoms with Crippen LogP contribution in [0.1, 0.15) is 24.8 Å². The maximum atomic E-state index is 11.0. The Morgan fingerprint density at radius 3 is 2.56 bits per heavy atom. The van der Waals surface area contributed by atoms with Crippen LogP contribution >= 0.6 is 0 Å². The van der Waals surface area contributed by atoms with Gasteiger partial charge in [0.2, 0.25) is 0 Å². The molecule has 0 aliphatic carbocycles. The van der Waals surface area contributed by atoms with Gasteiger partial charge in [0.15, 0.2) is 0 Å². The van der Waals surface area contributed by atoms with E-state index < -0.39 is 6.09 Å². The largest absolute Gasteiger partial charge is 0.463 e. The minimum Gasteiger partial charge on any atom is -0.463 e. The molecule has 0 fully saturated rings. The molecule has 0 aliphatic heterocycles. The molecule has 0 radical (unpaired) electrons. The van der Waals surface area contributed by atoms with Crippen molar-refractivity contribution >= 4 is 6.09 Å². The second-order valence-corrected chi connectivity index (χ2v) is 3.99. The van der Waals surface area contributed by atoms with Gasteiger partial charge in [-0.15, -0.1) is 0 Å². The molecular weight excluding hydrogens is 232 g/mol. The van der Waals surface area contributed by atoms with Crippen LogP contribution in [0.2, 0.25) is 0 Å². The van der Waals surface area contributed by atoms with Crippen LogP contribution in [0.5, 0.6) is 0 Å². The van der Waals surface area contributed by atoms with Crippen molar-refractivity contribution in [1.29, 1.82) is 0 Å². The summed E-state index contributed by atoms with van der Waals surface area (Å²) in [6.45, 7) is 1.28. The van der Waals surface area contributed by atoms with Crippen LogP contribution in [0.25, 0.3) is 0 Å². The third-order valence-electron chi connectivity index (χ3n) is 2.51. The van der Waals surface area contributed by atoms with Gasteiger partial charge in [0.05, 0.1) is 6.54 Å². The minimum absolute atomic E-state index is 0.268. The van der Waals surface area contributed by atoms with Crippen molar-refractivity contribution in [1.82, 2.24) is 5.06 Å². The van der Waals surface area contributed by atoms with E-state index in [1.807, 2.05) is 30.3 Å². The molecule has 0 unspecified atom stereocenters. The van der Waals surface area contributed by atoms with Crippen LogP contribution in [-0.2, 0) is 11.4 Å². The van der Waals surface area contributed by atoms with E-state index >= 15 is 0 Å². The third kappa shape index (κ3) is 5.65. The molecule has 0 spiro atoms. The second-order valence-electron chi connectivity index (χ2n) is 3.99. The van der Waals surface area contributed by atoms with Crippen molar-refractivity contribution in [2.45, 2.75) is 25.9 Å². The number of hydrogen-bond acceptors (Lipinski definition) is 3. The van der Waals surface area contributed by atoms with Crippen LogP contribution in [0.4, 0.5) is 4.79 Å². The summed E-state index contributed by atoms with van der Waals surface area (Å²) >= 11 is 0. The number of hydroxylamine groups is 2. The zero-order chi connectivity index (χ0) is 13.2. The van der Waals surface area contributed by atoms with E-state index in [0.717, 1.165) is 29.9 Å². The van der Waals surface area contributed by atoms with Crippen LogP contribution in [0, 0.1) is 0 Å². The van der Waals surface area contributed by atoms with Crippen molar-refractivity contribution in [3.63, 3.8) is 0 Å². The monoisotopic (exact) mass is 252 g/mol. The minimum atomic E-state index is -1.06. The average molecular weight is 252 g/mol. The molecule has 5 heteroatoms. The molecule has 0 aliphatic rings. The highest BCUT2D eigenvalue weighted by Gasteiger charge is 2.11. The Bertz CT molecular complexity index is 343. The van der Waals surface area contributed by atoms with Gasteiger partial charge in [0, 0.05) is 0 Å². The first-order valence-corrected chi connectivity index (χ1v) is 6.11. The summed E-state index contributed by atoms with van der Waals surface area (Å²) in [6.07, 6.45) is 1.53. The average Bonchev–Trinajstić information content (AvgIpc) is 2.38. The van der Waals surface area contributed by atoms with Crippen molar-refractivity contribution < 1.29 is 14.7 Å². The fourth-order valence-electron chi connectivity index (χ4n) is 1.52. The standard InChI is InChI=1S/C13H20N2O3/c14-9-5-2-6-10-15(13(16)17)18-11-12-7-3-1-4-8-12/h1,3-4,7-8H,2,5-6,9-11,14H2,(H,16,17). The summed E-state index contributed by atoms with van der Waals surface area (Å²) < 4.78 is 0. The lowest BCUT2D eigenvalue weighted by Crippen LogP contribution is -2.30. The number of rotatable bonds is 8. The van der Waals surface area contributed by atoms with Gasteiger partial charge < -0.3 is 10.8 Å². The van der Waals surface area contributed by atoms with Gasteiger partial charge in [0.1, 0.15) is 6.61 Å². The summed E-state index contributed by atoms with van der Waals surface area (Å²) in [5.74, 6) is 0. The predicted molar refractivity (Wildman–Crippen MR) is 68.9 cm³/mol. The van der Waals surface area contributed by atoms with Crippen molar-refractivity contribution in [3.05, 3.63) is 35.9 Å². The van der Waals surface area contributed by atoms with E-state index in [2.05, 4.69) is 0 Å². The smallest absolute Gasteiger partial charge is 0.431 e. The Morgan fingerprint density at radius 1 is 1.22 bits per heavy atom. The molecule has 0 atom stereocenters. The Labute approximate surface area is 107 Å². The van der Waals surface area contributed by atoms with Crippen molar-refractivity contribution in [3.8, 4) is 0 Å². The SMILES string of the molecule is NCCCCCN(OCc1ccccc1)C(=O)O. The van der Waals surface area contributed by atoms with Gasteiger partial charge in [-0.1, -0.05) is 36.8 Å². The number of unbranched alkanes of at least 4 members (excludes halogenated alkanes) is 2. The van der Waals surface area contributed by atoms with E-state index in [9.17, 15) is 4.79 Å². The van der Waals surface area contributed by atoms with Crippen LogP contribution in [-0.4, -0.2) is 29.4 Å². The molecule has 100 valence electrons. The highest BCUT2D eigenvalue weighted by Crippen LogP contribution is 2.05. The Hall–Kier alpha value is -1.59. The van der Waals surface area contributed by atoms with Crippen LogP contribution in [0.3, 0.4) is 0 Å². The molecule has 18 heavy (non-hydrogen) atoms. The molecule has 1 aromatic rings. The fourth-order valence-corrected chi connectivity index (χ4v) is 1.52. The maximum absolute atomic E-state index is 11.0. The summed E-state index contributed by atoms with van der Waals surface area (Å²) in [6, 6.07) is 9.49. The topological polar surface area (TPSA) is 75.8 Å². The molecule has 0 saturated carbocycles. The molecule has 0 saturated heterocycles. The summed E-state index contributed by atoms with van der Waals surface area (Å²) in [4.78, 5) is 16.2. The van der Waals surface area contributed by atoms with Crippen molar-refractivity contribution in [2.75, 3.05) is 13.1 Å². The number of benzene rings is 1. The molecule has 0 aromatic heterocycles. The zero-order valence-electron chi connectivity index (χ0n) is 10.4. The summed E-state index contributed by atoms with van der Waals surface area (Å²) in [7, 11) is 0. The van der Waals surface area contributed by atoms with Gasteiger partial charge in [-0.05, 0) is 24.9 Å². The van der Waals surface area contributed by atoms with Crippen LogP contribution < -0.4 is 5.73 Å². The molecule has 0 heterocycles. The maximum Gasteiger partial charge on any atom is 0.431 e. The lowest BCUT2D eigenvalue weighted by atomic mass is 10.2. The molecule has 3 N–H and O–H groups in total. The van der Waals surface area contributed by atoms with E-state index in [1.54, 1.807) is 0 Å². The predicted octanol–water partition coefficient (Wildman–Crippen LogP) is 2.23. The number of carboxylic acid groups (broad SMARTS) is 1. The van der Waals surface area contributed by atoms with E-state index in [0.29, 0.717) is 13.1 Å². The molecule has 1 rings (SSSR count). The first-order chi connectivity index (χ1) is 8.74. The third-order valence-corrected chi connectivity index (χ3v) is 2.51. The molecule has 1 aromatic carbocycles. The Balaban J connectivity index is 2.32. The van der Waals surface area contributed by atoms with E-state index in [1.165, 1.54) is 0 Å². The van der Waals surface area contributed by atoms with E-state index in [-0.39, 0.29) is 6.61 Å². The highest BCUT2D eigenvalue weighted by atomic mass is 16.7. The molecule has 5 nitrogen and oxygen atoms in total. The normalized spacial score (nSPS) is 10.3. The van der Waals surface area contributed by atoms with Crippen LogP contribution in [0.15, 0.2) is 30.3 Å². The molecule has 0 bridgehead atoms. The molecule has 1 amide bonds. The summed E-state index contributed by atoms with van der Waals surface area (Å²) in [5.41, 5.74) is 6.33. The lowest BCUT2D eigenvalue weighted by Gasteiger charge is -2.18. The number of nitrogens with two attached hydrogens (primary N) is 1. The first kappa shape index (κ1) is 14.5. The molecular formula is C13H20N2O3. The number of hydrogen-bond donors (Lipinski definition) is 2. The highest BCUT2D eigenvalue weighted by molar-refractivity contribution is 5.63. The number of carbonyl (C=O) groups is 1. The Kier molecular flexibility index (Phi) is 6.83.